The lowest BCUT2D eigenvalue weighted by Gasteiger charge is -2.45. The van der Waals surface area contributed by atoms with Gasteiger partial charge in [-0.3, -0.25) is 4.90 Å². The van der Waals surface area contributed by atoms with Gasteiger partial charge in [-0.25, -0.2) is 9.97 Å². The number of methoxy groups -OCH3 is 1. The van der Waals surface area contributed by atoms with Crippen molar-refractivity contribution >= 4 is 17.4 Å². The van der Waals surface area contributed by atoms with Crippen LogP contribution in [0.5, 0.6) is 0 Å². The third-order valence-corrected chi connectivity index (χ3v) is 6.22. The number of benzene rings is 1. The molecule has 0 bridgehead atoms. The van der Waals surface area contributed by atoms with E-state index in [4.69, 9.17) is 16.3 Å². The second-order valence-corrected chi connectivity index (χ2v) is 8.95. The highest BCUT2D eigenvalue weighted by Crippen LogP contribution is 2.36. The van der Waals surface area contributed by atoms with E-state index in [0.29, 0.717) is 5.28 Å². The van der Waals surface area contributed by atoms with Crippen LogP contribution in [0.4, 0.5) is 5.82 Å². The van der Waals surface area contributed by atoms with Gasteiger partial charge in [-0.05, 0) is 23.6 Å². The molecule has 1 atom stereocenters. The molecule has 3 heterocycles. The first-order valence-electron chi connectivity index (χ1n) is 10.1. The molecule has 0 radical (unpaired) electrons. The van der Waals surface area contributed by atoms with Crippen LogP contribution >= 0.6 is 11.6 Å². The third-order valence-electron chi connectivity index (χ3n) is 6.05. The Hall–Kier alpha value is -1.69. The molecule has 1 saturated heterocycles. The fraction of sp³-hybridized carbons (Fsp3) is 0.545. The zero-order chi connectivity index (χ0) is 19.7. The van der Waals surface area contributed by atoms with Crippen LogP contribution < -0.4 is 4.90 Å². The van der Waals surface area contributed by atoms with E-state index >= 15 is 0 Å². The summed E-state index contributed by atoms with van der Waals surface area (Å²) in [6, 6.07) is 10.6. The van der Waals surface area contributed by atoms with Crippen molar-refractivity contribution in [2.24, 2.45) is 5.41 Å². The van der Waals surface area contributed by atoms with Gasteiger partial charge in [-0.1, -0.05) is 44.2 Å². The molecule has 0 spiro atoms. The van der Waals surface area contributed by atoms with Crippen molar-refractivity contribution in [3.05, 3.63) is 52.4 Å². The quantitative estimate of drug-likeness (QED) is 0.727. The molecule has 5 nitrogen and oxygen atoms in total. The Bertz CT molecular complexity index is 827. The topological polar surface area (TPSA) is 41.5 Å². The van der Waals surface area contributed by atoms with E-state index < -0.39 is 0 Å². The van der Waals surface area contributed by atoms with Crippen LogP contribution in [0.1, 0.15) is 37.1 Å². The van der Waals surface area contributed by atoms with E-state index in [1.165, 1.54) is 11.1 Å². The van der Waals surface area contributed by atoms with Crippen LogP contribution in [0.15, 0.2) is 30.3 Å². The van der Waals surface area contributed by atoms with Crippen molar-refractivity contribution in [3.63, 3.8) is 0 Å². The predicted octanol–water partition coefficient (Wildman–Crippen LogP) is 3.94. The molecule has 1 aromatic heterocycles. The van der Waals surface area contributed by atoms with E-state index in [1.807, 2.05) is 7.11 Å². The number of rotatable bonds is 4. The minimum Gasteiger partial charge on any atom is -0.381 e. The minimum absolute atomic E-state index is 0.0652. The molecular formula is C22H29ClN4O. The molecule has 2 aromatic rings. The van der Waals surface area contributed by atoms with Crippen LogP contribution in [0.2, 0.25) is 5.28 Å². The summed E-state index contributed by atoms with van der Waals surface area (Å²) in [5.74, 6) is 1.01. The number of hydrogen-bond acceptors (Lipinski definition) is 5. The van der Waals surface area contributed by atoms with Gasteiger partial charge in [0.2, 0.25) is 5.28 Å². The molecule has 1 fully saturated rings. The van der Waals surface area contributed by atoms with Crippen molar-refractivity contribution in [1.82, 2.24) is 14.9 Å². The molecule has 2 aliphatic rings. The van der Waals surface area contributed by atoms with Crippen LogP contribution in [-0.2, 0) is 24.2 Å². The van der Waals surface area contributed by atoms with Gasteiger partial charge in [0, 0.05) is 57.2 Å². The predicted molar refractivity (Wildman–Crippen MR) is 113 cm³/mol. The maximum absolute atomic E-state index is 6.31. The van der Waals surface area contributed by atoms with Crippen molar-refractivity contribution in [1.29, 1.82) is 0 Å². The van der Waals surface area contributed by atoms with Gasteiger partial charge in [0.15, 0.2) is 0 Å². The fourth-order valence-electron chi connectivity index (χ4n) is 4.62. The molecule has 0 amide bonds. The monoisotopic (exact) mass is 400 g/mol. The summed E-state index contributed by atoms with van der Waals surface area (Å²) in [5, 5.41) is 0.358. The van der Waals surface area contributed by atoms with Crippen molar-refractivity contribution in [3.8, 4) is 0 Å². The Morgan fingerprint density at radius 1 is 1.18 bits per heavy atom. The summed E-state index contributed by atoms with van der Waals surface area (Å²) in [7, 11) is 1.81. The van der Waals surface area contributed by atoms with E-state index in [9.17, 15) is 0 Å². The number of aromatic nitrogens is 2. The van der Waals surface area contributed by atoms with E-state index in [-0.39, 0.29) is 11.5 Å². The fourth-order valence-corrected chi connectivity index (χ4v) is 4.80. The molecule has 0 aliphatic carbocycles. The maximum atomic E-state index is 6.31. The highest BCUT2D eigenvalue weighted by Gasteiger charge is 2.38. The number of anilines is 1. The van der Waals surface area contributed by atoms with Crippen LogP contribution in [-0.4, -0.2) is 47.7 Å². The van der Waals surface area contributed by atoms with Gasteiger partial charge in [-0.2, -0.15) is 0 Å². The minimum atomic E-state index is 0.0652. The Balaban J connectivity index is 1.59. The molecule has 1 aromatic carbocycles. The van der Waals surface area contributed by atoms with Crippen molar-refractivity contribution < 1.29 is 4.74 Å². The zero-order valence-electron chi connectivity index (χ0n) is 17.0. The first kappa shape index (κ1) is 19.6. The van der Waals surface area contributed by atoms with E-state index in [0.717, 1.165) is 57.1 Å². The number of halogens is 1. The average molecular weight is 401 g/mol. The molecule has 4 rings (SSSR count). The van der Waals surface area contributed by atoms with Crippen LogP contribution in [0, 0.1) is 5.41 Å². The van der Waals surface area contributed by atoms with Crippen molar-refractivity contribution in [2.75, 3.05) is 31.6 Å². The summed E-state index contributed by atoms with van der Waals surface area (Å²) in [4.78, 5) is 14.1. The van der Waals surface area contributed by atoms with E-state index in [2.05, 4.69) is 63.9 Å². The average Bonchev–Trinajstić information content (AvgIpc) is 2.67. The molecule has 150 valence electrons. The van der Waals surface area contributed by atoms with E-state index in [1.54, 1.807) is 0 Å². The number of fused-ring (bicyclic) bond motifs is 1. The molecule has 0 saturated carbocycles. The third kappa shape index (κ3) is 4.02. The summed E-state index contributed by atoms with van der Waals surface area (Å²) in [6.45, 7) is 9.17. The van der Waals surface area contributed by atoms with Gasteiger partial charge in [0.1, 0.15) is 5.82 Å². The lowest BCUT2D eigenvalue weighted by molar-refractivity contribution is -0.00651. The Morgan fingerprint density at radius 2 is 1.96 bits per heavy atom. The zero-order valence-corrected chi connectivity index (χ0v) is 17.7. The molecule has 28 heavy (non-hydrogen) atoms. The Labute approximate surface area is 172 Å². The Morgan fingerprint density at radius 3 is 2.68 bits per heavy atom. The lowest BCUT2D eigenvalue weighted by Crippen LogP contribution is -2.50. The second kappa shape index (κ2) is 7.97. The summed E-state index contributed by atoms with van der Waals surface area (Å²) < 4.78 is 5.72. The van der Waals surface area contributed by atoms with Gasteiger partial charge >= 0.3 is 0 Å². The number of hydrogen-bond donors (Lipinski definition) is 0. The number of ether oxygens (including phenoxy) is 1. The Kier molecular flexibility index (Phi) is 5.59. The number of piperidine rings is 1. The SMILES string of the molecule is COC1CCN(c2nc(Cl)nc3c2CN(Cc2ccccc2)CC3)CC1(C)C. The smallest absolute Gasteiger partial charge is 0.224 e. The number of nitrogens with zero attached hydrogens (tertiary/aromatic N) is 4. The first-order chi connectivity index (χ1) is 13.5. The summed E-state index contributed by atoms with van der Waals surface area (Å²) in [6.07, 6.45) is 2.18. The van der Waals surface area contributed by atoms with Crippen LogP contribution in [0.25, 0.3) is 0 Å². The van der Waals surface area contributed by atoms with Gasteiger partial charge in [0.25, 0.3) is 0 Å². The highest BCUT2D eigenvalue weighted by atomic mass is 35.5. The second-order valence-electron chi connectivity index (χ2n) is 8.61. The summed E-state index contributed by atoms with van der Waals surface area (Å²) in [5.41, 5.74) is 3.74. The largest absolute Gasteiger partial charge is 0.381 e. The normalized spacial score (nSPS) is 22.1. The molecule has 6 heteroatoms. The van der Waals surface area contributed by atoms with Crippen LogP contribution in [0.3, 0.4) is 0 Å². The standard InChI is InChI=1S/C22H29ClN4O/c1-22(2)15-27(12-10-19(22)28-3)20-17-14-26(13-16-7-5-4-6-8-16)11-9-18(17)24-21(23)25-20/h4-8,19H,9-15H2,1-3H3. The van der Waals surface area contributed by atoms with Gasteiger partial charge < -0.3 is 9.64 Å². The van der Waals surface area contributed by atoms with Gasteiger partial charge in [0.05, 0.1) is 11.8 Å². The van der Waals surface area contributed by atoms with Crippen molar-refractivity contribution in [2.45, 2.75) is 45.9 Å². The molecule has 2 aliphatic heterocycles. The highest BCUT2D eigenvalue weighted by molar-refractivity contribution is 6.28. The lowest BCUT2D eigenvalue weighted by atomic mass is 9.81. The molecular weight excluding hydrogens is 372 g/mol. The maximum Gasteiger partial charge on any atom is 0.224 e. The molecule has 1 unspecified atom stereocenters. The van der Waals surface area contributed by atoms with Gasteiger partial charge in [-0.15, -0.1) is 0 Å². The first-order valence-corrected chi connectivity index (χ1v) is 10.4. The summed E-state index contributed by atoms with van der Waals surface area (Å²) >= 11 is 6.31. The molecule has 0 N–H and O–H groups in total.